The summed E-state index contributed by atoms with van der Waals surface area (Å²) in [6, 6.07) is 4.90. The summed E-state index contributed by atoms with van der Waals surface area (Å²) in [6.45, 7) is 2.68. The molecule has 0 spiro atoms. The quantitative estimate of drug-likeness (QED) is 0.0268. The molecule has 1 aromatic carbocycles. The number of nitrogens with zero attached hydrogens (tertiary/aromatic N) is 1. The third kappa shape index (κ3) is 18.9. The van der Waals surface area contributed by atoms with Gasteiger partial charge in [-0.3, -0.25) is 38.6 Å². The van der Waals surface area contributed by atoms with Gasteiger partial charge in [0.25, 0.3) is 5.91 Å². The van der Waals surface area contributed by atoms with Crippen LogP contribution in [-0.4, -0.2) is 108 Å². The number of nitrogens with one attached hydrogen (secondary N) is 6. The molecule has 0 aliphatic heterocycles. The van der Waals surface area contributed by atoms with Gasteiger partial charge in [0.05, 0.1) is 12.4 Å². The van der Waals surface area contributed by atoms with Crippen LogP contribution in [0.1, 0.15) is 74.9 Å². The van der Waals surface area contributed by atoms with Crippen LogP contribution in [0.15, 0.2) is 58.1 Å². The Labute approximate surface area is 340 Å². The van der Waals surface area contributed by atoms with Crippen molar-refractivity contribution in [2.24, 2.45) is 27.9 Å². The zero-order chi connectivity index (χ0) is 43.9. The van der Waals surface area contributed by atoms with Crippen molar-refractivity contribution in [2.45, 2.75) is 102 Å². The summed E-state index contributed by atoms with van der Waals surface area (Å²) in [6.07, 6.45) is -0.667. The number of guanidine groups is 1. The van der Waals surface area contributed by atoms with E-state index in [1.807, 2.05) is 0 Å². The Balaban J connectivity index is 2.06. The Morgan fingerprint density at radius 1 is 0.729 bits per heavy atom. The van der Waals surface area contributed by atoms with Crippen molar-refractivity contribution in [1.29, 1.82) is 0 Å². The number of hydrogen-bond acceptors (Lipinski definition) is 12. The number of nitrogens with two attached hydrogens (primary N) is 4. The van der Waals surface area contributed by atoms with Crippen LogP contribution in [0.3, 0.4) is 0 Å². The third-order valence-corrected chi connectivity index (χ3v) is 8.50. The van der Waals surface area contributed by atoms with Crippen LogP contribution in [0.2, 0.25) is 0 Å². The standard InChI is InChI=1S/C37H55N11O11/c1-21(44-35(56)29(22(2)49)48-33(54)26(15-16-28(38)50)47-37(57)59-20-23-10-4-3-5-11-23)31(52)46-25(13-8-18-43-36(40)41)32(53)45-24(30(39)51)12-6-7-17-42-34(55)27-14-9-19-58-27/h3-5,9-11,14,19,21-22,24-26,29,49H,6-8,12-13,15-18,20H2,1-2H3,(H2,38,50)(H2,39,51)(H,42,55)(H,44,56)(H,45,53)(H,46,52)(H,47,57)(H,48,54)(H4,40,41,43)/t21-,22+,24-,25-,26-,29-/m0/s1. The number of aliphatic hydroxyl groups is 1. The number of hydrogen-bond donors (Lipinski definition) is 11. The summed E-state index contributed by atoms with van der Waals surface area (Å²) in [4.78, 5) is 106. The van der Waals surface area contributed by atoms with Gasteiger partial charge in [0, 0.05) is 19.5 Å². The van der Waals surface area contributed by atoms with E-state index in [4.69, 9.17) is 32.1 Å². The molecule has 15 N–H and O–H groups in total. The highest BCUT2D eigenvalue weighted by Gasteiger charge is 2.33. The molecule has 22 heteroatoms. The van der Waals surface area contributed by atoms with E-state index in [2.05, 4.69) is 36.9 Å². The molecule has 0 unspecified atom stereocenters. The van der Waals surface area contributed by atoms with Crippen LogP contribution in [0, 0.1) is 0 Å². The highest BCUT2D eigenvalue weighted by Crippen LogP contribution is 2.08. The first-order valence-electron chi connectivity index (χ1n) is 18.8. The molecule has 0 saturated carbocycles. The Kier molecular flexibility index (Phi) is 21.0. The van der Waals surface area contributed by atoms with Gasteiger partial charge in [0.1, 0.15) is 36.8 Å². The fourth-order valence-electron chi connectivity index (χ4n) is 5.29. The first kappa shape index (κ1) is 48.4. The van der Waals surface area contributed by atoms with E-state index in [1.165, 1.54) is 26.2 Å². The molecule has 2 aromatic rings. The topological polar surface area (TPSA) is 368 Å². The largest absolute Gasteiger partial charge is 0.459 e. The highest BCUT2D eigenvalue weighted by atomic mass is 16.5. The molecule has 2 rings (SSSR count). The first-order valence-corrected chi connectivity index (χ1v) is 18.8. The van der Waals surface area contributed by atoms with Crippen LogP contribution in [0.5, 0.6) is 0 Å². The predicted molar refractivity (Wildman–Crippen MR) is 211 cm³/mol. The zero-order valence-electron chi connectivity index (χ0n) is 32.9. The van der Waals surface area contributed by atoms with Crippen LogP contribution >= 0.6 is 0 Å². The maximum Gasteiger partial charge on any atom is 0.408 e. The van der Waals surface area contributed by atoms with Gasteiger partial charge in [-0.15, -0.1) is 0 Å². The Bertz CT molecular complexity index is 1740. The number of aliphatic hydroxyl groups excluding tert-OH is 1. The highest BCUT2D eigenvalue weighted by molar-refractivity contribution is 5.96. The van der Waals surface area contributed by atoms with E-state index in [1.54, 1.807) is 36.4 Å². The summed E-state index contributed by atoms with van der Waals surface area (Å²) in [5.74, 6) is -5.71. The number of carbonyl (C=O) groups is 8. The number of carbonyl (C=O) groups excluding carboxylic acids is 8. The van der Waals surface area contributed by atoms with Gasteiger partial charge < -0.3 is 69.1 Å². The third-order valence-electron chi connectivity index (χ3n) is 8.50. The van der Waals surface area contributed by atoms with Gasteiger partial charge in [-0.25, -0.2) is 4.79 Å². The molecular weight excluding hydrogens is 774 g/mol. The second-order valence-electron chi connectivity index (χ2n) is 13.4. The molecule has 1 aromatic heterocycles. The van der Waals surface area contributed by atoms with E-state index in [0.29, 0.717) is 18.4 Å². The molecule has 0 saturated heterocycles. The lowest BCUT2D eigenvalue weighted by atomic mass is 10.1. The molecule has 324 valence electrons. The number of unbranched alkanes of at least 4 members (excludes halogenated alkanes) is 1. The molecule has 22 nitrogen and oxygen atoms in total. The minimum atomic E-state index is -1.66. The van der Waals surface area contributed by atoms with Gasteiger partial charge in [0.15, 0.2) is 11.7 Å². The molecule has 6 atom stereocenters. The van der Waals surface area contributed by atoms with Gasteiger partial charge in [-0.2, -0.15) is 0 Å². The minimum Gasteiger partial charge on any atom is -0.459 e. The van der Waals surface area contributed by atoms with Crippen molar-refractivity contribution in [3.8, 4) is 0 Å². The normalized spacial score (nSPS) is 13.7. The lowest BCUT2D eigenvalue weighted by Crippen LogP contribution is -2.60. The fourth-order valence-corrected chi connectivity index (χ4v) is 5.29. The molecule has 0 fully saturated rings. The monoisotopic (exact) mass is 829 g/mol. The molecule has 0 aliphatic rings. The summed E-state index contributed by atoms with van der Waals surface area (Å²) >= 11 is 0. The lowest BCUT2D eigenvalue weighted by molar-refractivity contribution is -0.135. The summed E-state index contributed by atoms with van der Waals surface area (Å²) < 4.78 is 10.2. The van der Waals surface area contributed by atoms with Gasteiger partial charge >= 0.3 is 6.09 Å². The lowest BCUT2D eigenvalue weighted by Gasteiger charge is -2.26. The summed E-state index contributed by atoms with van der Waals surface area (Å²) in [5.41, 5.74) is 22.2. The van der Waals surface area contributed by atoms with E-state index in [9.17, 15) is 43.5 Å². The smallest absolute Gasteiger partial charge is 0.408 e. The van der Waals surface area contributed by atoms with Gasteiger partial charge in [-0.05, 0) is 70.1 Å². The number of alkyl carbamates (subject to hydrolysis) is 1. The average molecular weight is 830 g/mol. The Morgan fingerprint density at radius 3 is 1.98 bits per heavy atom. The number of ether oxygens (including phenoxy) is 1. The molecule has 0 bridgehead atoms. The summed E-state index contributed by atoms with van der Waals surface area (Å²) in [7, 11) is 0. The number of rotatable bonds is 26. The average Bonchev–Trinajstić information content (AvgIpc) is 3.73. The summed E-state index contributed by atoms with van der Waals surface area (Å²) in [5, 5.41) is 25.2. The number of furan rings is 1. The molecule has 59 heavy (non-hydrogen) atoms. The van der Waals surface area contributed by atoms with Crippen molar-refractivity contribution in [1.82, 2.24) is 31.9 Å². The van der Waals surface area contributed by atoms with Crippen molar-refractivity contribution < 1.29 is 52.6 Å². The van der Waals surface area contributed by atoms with Crippen molar-refractivity contribution in [3.05, 3.63) is 60.1 Å². The number of primary amides is 2. The zero-order valence-corrected chi connectivity index (χ0v) is 32.9. The molecule has 0 aliphatic carbocycles. The maximum atomic E-state index is 13.4. The second-order valence-corrected chi connectivity index (χ2v) is 13.4. The van der Waals surface area contributed by atoms with Crippen LogP contribution in [0.25, 0.3) is 0 Å². The molecule has 0 radical (unpaired) electrons. The minimum absolute atomic E-state index is 0.0147. The Morgan fingerprint density at radius 2 is 1.37 bits per heavy atom. The number of aliphatic imine (C=N–C) groups is 1. The first-order chi connectivity index (χ1) is 28.0. The van der Waals surface area contributed by atoms with Crippen molar-refractivity contribution in [3.63, 3.8) is 0 Å². The van der Waals surface area contributed by atoms with Crippen LogP contribution in [0.4, 0.5) is 4.79 Å². The Hall–Kier alpha value is -6.71. The molecule has 1 heterocycles. The van der Waals surface area contributed by atoms with Gasteiger partial charge in [-0.1, -0.05) is 30.3 Å². The maximum absolute atomic E-state index is 13.4. The van der Waals surface area contributed by atoms with E-state index in [-0.39, 0.29) is 63.5 Å². The van der Waals surface area contributed by atoms with E-state index in [0.717, 1.165) is 0 Å². The molecule has 8 amide bonds. The van der Waals surface area contributed by atoms with Crippen molar-refractivity contribution in [2.75, 3.05) is 13.1 Å². The van der Waals surface area contributed by atoms with E-state index >= 15 is 0 Å². The SMILES string of the molecule is C[C@H](NC(=O)[C@@H](NC(=O)[C@H](CCC(N)=O)NC(=O)OCc1ccccc1)[C@@H](C)O)C(=O)N[C@@H](CCCN=C(N)N)C(=O)N[C@@H](CCCCNC(=O)c1ccco1)C(N)=O. The van der Waals surface area contributed by atoms with E-state index < -0.39 is 83.8 Å². The molecular formula is C37H55N11O11. The number of amides is 8. The van der Waals surface area contributed by atoms with Gasteiger partial charge in [0.2, 0.25) is 35.4 Å². The van der Waals surface area contributed by atoms with Crippen molar-refractivity contribution >= 4 is 53.4 Å². The fraction of sp³-hybridized carbons (Fsp3) is 0.486. The van der Waals surface area contributed by atoms with Crippen LogP contribution < -0.4 is 54.8 Å². The second kappa shape index (κ2) is 25.5. The number of benzene rings is 1. The van der Waals surface area contributed by atoms with Crippen LogP contribution in [-0.2, 0) is 40.1 Å². The predicted octanol–water partition coefficient (Wildman–Crippen LogP) is -2.38.